The number of anilines is 2. The molecule has 5 heteroatoms. The van der Waals surface area contributed by atoms with Crippen LogP contribution >= 0.6 is 0 Å². The van der Waals surface area contributed by atoms with Crippen LogP contribution in [-0.2, 0) is 0 Å². The minimum absolute atomic E-state index is 0.363. The highest BCUT2D eigenvalue weighted by molar-refractivity contribution is 5.77. The molecule has 0 bridgehead atoms. The van der Waals surface area contributed by atoms with Gasteiger partial charge in [-0.05, 0) is 64.2 Å². The van der Waals surface area contributed by atoms with Gasteiger partial charge in [-0.3, -0.25) is 0 Å². The molecule has 5 nitrogen and oxygen atoms in total. The number of nitrogens with one attached hydrogen (secondary N) is 1. The van der Waals surface area contributed by atoms with Gasteiger partial charge in [0.2, 0.25) is 0 Å². The van der Waals surface area contributed by atoms with Crippen LogP contribution in [0.3, 0.4) is 0 Å². The Balaban J connectivity index is 1.76. The van der Waals surface area contributed by atoms with Gasteiger partial charge in [-0.15, -0.1) is 0 Å². The summed E-state index contributed by atoms with van der Waals surface area (Å²) in [4.78, 5) is 0. The zero-order valence-electron chi connectivity index (χ0n) is 14.0. The summed E-state index contributed by atoms with van der Waals surface area (Å²) in [5, 5.41) is 17.5. The Labute approximate surface area is 136 Å². The van der Waals surface area contributed by atoms with E-state index in [1.54, 1.807) is 0 Å². The number of benzene rings is 1. The number of nitrogens with two attached hydrogens (primary N) is 1. The normalized spacial score (nSPS) is 24.6. The molecule has 1 aliphatic carbocycles. The molecule has 2 aromatic rings. The third kappa shape index (κ3) is 3.34. The maximum Gasteiger partial charge on any atom is 0.141 e. The van der Waals surface area contributed by atoms with Gasteiger partial charge in [-0.25, -0.2) is 0 Å². The Hall–Kier alpha value is -2.01. The molecule has 0 amide bonds. The van der Waals surface area contributed by atoms with Crippen LogP contribution in [0.2, 0.25) is 0 Å². The van der Waals surface area contributed by atoms with Crippen LogP contribution in [0.1, 0.15) is 44.1 Å². The largest absolute Gasteiger partial charge is 0.397 e. The number of aliphatic hydroxyl groups is 1. The number of aromatic nitrogens is 1. The van der Waals surface area contributed by atoms with Crippen molar-refractivity contribution < 1.29 is 9.63 Å². The van der Waals surface area contributed by atoms with Crippen molar-refractivity contribution in [2.75, 3.05) is 11.1 Å². The highest BCUT2D eigenvalue weighted by Gasteiger charge is 2.28. The van der Waals surface area contributed by atoms with Gasteiger partial charge < -0.3 is 20.7 Å². The molecule has 0 unspecified atom stereocenters. The lowest BCUT2D eigenvalue weighted by Gasteiger charge is -2.34. The van der Waals surface area contributed by atoms with E-state index in [1.165, 1.54) is 0 Å². The van der Waals surface area contributed by atoms with Crippen LogP contribution < -0.4 is 11.1 Å². The van der Waals surface area contributed by atoms with E-state index in [9.17, 15) is 5.11 Å². The third-order valence-electron chi connectivity index (χ3n) is 4.80. The molecular formula is C18H25N3O2. The molecule has 1 fully saturated rings. The first-order chi connectivity index (χ1) is 10.9. The fourth-order valence-electron chi connectivity index (χ4n) is 3.35. The van der Waals surface area contributed by atoms with E-state index in [0.717, 1.165) is 59.6 Å². The molecular weight excluding hydrogens is 290 g/mol. The van der Waals surface area contributed by atoms with Crippen LogP contribution in [-0.4, -0.2) is 21.9 Å². The Morgan fingerprint density at radius 3 is 2.57 bits per heavy atom. The number of rotatable bonds is 3. The molecule has 1 aromatic heterocycles. The van der Waals surface area contributed by atoms with Crippen LogP contribution in [0, 0.1) is 13.8 Å². The third-order valence-corrected chi connectivity index (χ3v) is 4.80. The first-order valence-electron chi connectivity index (χ1n) is 8.17. The second-order valence-electron chi connectivity index (χ2n) is 6.92. The molecule has 0 spiro atoms. The maximum atomic E-state index is 10.0. The van der Waals surface area contributed by atoms with Gasteiger partial charge in [0.25, 0.3) is 0 Å². The average molecular weight is 315 g/mol. The van der Waals surface area contributed by atoms with Gasteiger partial charge in [0.05, 0.1) is 22.7 Å². The van der Waals surface area contributed by atoms with E-state index in [0.29, 0.717) is 6.04 Å². The molecule has 4 N–H and O–H groups in total. The van der Waals surface area contributed by atoms with E-state index in [1.807, 2.05) is 39.0 Å². The lowest BCUT2D eigenvalue weighted by atomic mass is 9.83. The van der Waals surface area contributed by atoms with Crippen molar-refractivity contribution in [1.29, 1.82) is 0 Å². The Bertz CT molecular complexity index is 677. The van der Waals surface area contributed by atoms with Crippen molar-refractivity contribution in [3.05, 3.63) is 29.7 Å². The van der Waals surface area contributed by atoms with Crippen LogP contribution in [0.15, 0.2) is 22.7 Å². The quantitative estimate of drug-likeness (QED) is 0.753. The van der Waals surface area contributed by atoms with E-state index in [-0.39, 0.29) is 0 Å². The smallest absolute Gasteiger partial charge is 0.141 e. The molecule has 3 rings (SSSR count). The lowest BCUT2D eigenvalue weighted by molar-refractivity contribution is 0.0196. The van der Waals surface area contributed by atoms with Crippen LogP contribution in [0.5, 0.6) is 0 Å². The van der Waals surface area contributed by atoms with E-state index < -0.39 is 5.60 Å². The van der Waals surface area contributed by atoms with Gasteiger partial charge in [-0.1, -0.05) is 11.2 Å². The number of nitrogen functional groups attached to an aromatic ring is 1. The Morgan fingerprint density at radius 2 is 2.00 bits per heavy atom. The number of nitrogens with zero attached hydrogens (tertiary/aromatic N) is 1. The second kappa shape index (κ2) is 5.89. The summed E-state index contributed by atoms with van der Waals surface area (Å²) in [6.07, 6.45) is 3.56. The summed E-state index contributed by atoms with van der Waals surface area (Å²) in [6, 6.07) is 6.39. The van der Waals surface area contributed by atoms with Crippen molar-refractivity contribution in [2.45, 2.75) is 58.1 Å². The lowest BCUT2D eigenvalue weighted by Crippen LogP contribution is -2.35. The standard InChI is InChI=1S/C18H25N3O2/c1-11-17(12(2)23-21-11)13-4-5-16(15(19)10-13)20-14-6-8-18(3,22)9-7-14/h4-5,10,14,20,22H,6-9,19H2,1-3H3/t14-,18-. The molecule has 0 aliphatic heterocycles. The van der Waals surface area contributed by atoms with E-state index in [4.69, 9.17) is 10.3 Å². The van der Waals surface area contributed by atoms with E-state index in [2.05, 4.69) is 10.5 Å². The molecule has 1 saturated carbocycles. The SMILES string of the molecule is Cc1noc(C)c1-c1ccc(N[C@H]2CC[C@](C)(O)CC2)c(N)c1. The summed E-state index contributed by atoms with van der Waals surface area (Å²) >= 11 is 0. The zero-order chi connectivity index (χ0) is 16.6. The topological polar surface area (TPSA) is 84.3 Å². The highest BCUT2D eigenvalue weighted by atomic mass is 16.5. The Morgan fingerprint density at radius 1 is 1.30 bits per heavy atom. The number of aryl methyl sites for hydroxylation is 2. The van der Waals surface area contributed by atoms with Crippen molar-refractivity contribution in [3.63, 3.8) is 0 Å². The zero-order valence-corrected chi connectivity index (χ0v) is 14.0. The molecule has 124 valence electrons. The van der Waals surface area contributed by atoms with Crippen molar-refractivity contribution in [2.24, 2.45) is 0 Å². The van der Waals surface area contributed by atoms with Gasteiger partial charge in [0, 0.05) is 11.6 Å². The summed E-state index contributed by atoms with van der Waals surface area (Å²) < 4.78 is 5.23. The second-order valence-corrected chi connectivity index (χ2v) is 6.92. The van der Waals surface area contributed by atoms with Gasteiger partial charge >= 0.3 is 0 Å². The molecule has 0 radical (unpaired) electrons. The van der Waals surface area contributed by atoms with Crippen molar-refractivity contribution >= 4 is 11.4 Å². The van der Waals surface area contributed by atoms with E-state index >= 15 is 0 Å². The van der Waals surface area contributed by atoms with Crippen LogP contribution in [0.25, 0.3) is 11.1 Å². The maximum absolute atomic E-state index is 10.0. The molecule has 0 atom stereocenters. The highest BCUT2D eigenvalue weighted by Crippen LogP contribution is 2.34. The summed E-state index contributed by atoms with van der Waals surface area (Å²) in [7, 11) is 0. The first-order valence-corrected chi connectivity index (χ1v) is 8.17. The predicted molar refractivity (Wildman–Crippen MR) is 92.3 cm³/mol. The fourth-order valence-corrected chi connectivity index (χ4v) is 3.35. The number of hydrogen-bond donors (Lipinski definition) is 3. The summed E-state index contributed by atoms with van der Waals surface area (Å²) in [5.74, 6) is 0.803. The van der Waals surface area contributed by atoms with Crippen molar-refractivity contribution in [3.8, 4) is 11.1 Å². The Kier molecular flexibility index (Phi) is 4.06. The summed E-state index contributed by atoms with van der Waals surface area (Å²) in [6.45, 7) is 5.75. The minimum Gasteiger partial charge on any atom is -0.397 e. The van der Waals surface area contributed by atoms with Crippen molar-refractivity contribution in [1.82, 2.24) is 5.16 Å². The average Bonchev–Trinajstić information content (AvgIpc) is 2.82. The van der Waals surface area contributed by atoms with Gasteiger partial charge in [-0.2, -0.15) is 0 Å². The monoisotopic (exact) mass is 315 g/mol. The predicted octanol–water partition coefficient (Wildman–Crippen LogP) is 3.65. The minimum atomic E-state index is -0.517. The van der Waals surface area contributed by atoms with Gasteiger partial charge in [0.15, 0.2) is 0 Å². The number of hydrogen-bond acceptors (Lipinski definition) is 5. The van der Waals surface area contributed by atoms with Crippen LogP contribution in [0.4, 0.5) is 11.4 Å². The molecule has 1 heterocycles. The first kappa shape index (κ1) is 15.9. The van der Waals surface area contributed by atoms with Gasteiger partial charge in [0.1, 0.15) is 5.76 Å². The fraction of sp³-hybridized carbons (Fsp3) is 0.500. The molecule has 1 aromatic carbocycles. The molecule has 23 heavy (non-hydrogen) atoms. The molecule has 0 saturated heterocycles. The molecule has 1 aliphatic rings. The summed E-state index contributed by atoms with van der Waals surface area (Å²) in [5.41, 5.74) is 10.3.